The van der Waals surface area contributed by atoms with Gasteiger partial charge in [-0.15, -0.1) is 0 Å². The molecule has 4 rings (SSSR count). The Morgan fingerprint density at radius 2 is 2.12 bits per heavy atom. The van der Waals surface area contributed by atoms with Crippen LogP contribution in [0.5, 0.6) is 0 Å². The number of nitrogens with one attached hydrogen (secondary N) is 2. The number of fused-ring (bicyclic) bond motifs is 1. The number of halogens is 2. The molecule has 24 heavy (non-hydrogen) atoms. The van der Waals surface area contributed by atoms with Gasteiger partial charge >= 0.3 is 0 Å². The lowest BCUT2D eigenvalue weighted by Gasteiger charge is -2.12. The number of hydrogen-bond donors (Lipinski definition) is 2. The lowest BCUT2D eigenvalue weighted by Crippen LogP contribution is -2.16. The third-order valence-electron chi connectivity index (χ3n) is 4.27. The Kier molecular flexibility index (Phi) is 3.62. The van der Waals surface area contributed by atoms with Crippen molar-refractivity contribution in [2.45, 2.75) is 31.7 Å². The molecular weight excluding hydrogens is 316 g/mol. The first kappa shape index (κ1) is 15.0. The van der Waals surface area contributed by atoms with Gasteiger partial charge in [-0.25, -0.2) is 18.7 Å². The van der Waals surface area contributed by atoms with Gasteiger partial charge in [-0.3, -0.25) is 4.68 Å². The van der Waals surface area contributed by atoms with E-state index in [9.17, 15) is 8.78 Å². The van der Waals surface area contributed by atoms with Crippen molar-refractivity contribution < 1.29 is 8.78 Å². The van der Waals surface area contributed by atoms with Gasteiger partial charge in [-0.05, 0) is 19.8 Å². The number of rotatable bonds is 6. The maximum absolute atomic E-state index is 12.9. The highest BCUT2D eigenvalue weighted by atomic mass is 19.1. The summed E-state index contributed by atoms with van der Waals surface area (Å²) in [5.41, 5.74) is 3.68. The van der Waals surface area contributed by atoms with Crippen molar-refractivity contribution in [3.05, 3.63) is 23.9 Å². The molecule has 2 N–H and O–H groups in total. The number of anilines is 2. The van der Waals surface area contributed by atoms with E-state index in [2.05, 4.69) is 30.4 Å². The van der Waals surface area contributed by atoms with Crippen molar-refractivity contribution in [3.63, 3.8) is 0 Å². The Hall–Kier alpha value is -2.58. The summed E-state index contributed by atoms with van der Waals surface area (Å²) in [4.78, 5) is 16.3. The van der Waals surface area contributed by atoms with E-state index in [-0.39, 0.29) is 0 Å². The van der Waals surface area contributed by atoms with Gasteiger partial charge in [0.15, 0.2) is 5.65 Å². The highest BCUT2D eigenvalue weighted by Crippen LogP contribution is 2.41. The van der Waals surface area contributed by atoms with Crippen LogP contribution in [0.25, 0.3) is 11.2 Å². The van der Waals surface area contributed by atoms with Crippen LogP contribution in [0.1, 0.15) is 36.2 Å². The number of hydrogen-bond acceptors (Lipinski definition) is 5. The van der Waals surface area contributed by atoms with Crippen molar-refractivity contribution in [2.75, 3.05) is 18.7 Å². The zero-order valence-corrected chi connectivity index (χ0v) is 13.1. The maximum Gasteiger partial charge on any atom is 0.229 e. The zero-order chi connectivity index (χ0) is 16.7. The molecule has 3 aromatic heterocycles. The summed E-state index contributed by atoms with van der Waals surface area (Å²) in [5, 5.41) is 7.17. The molecule has 7 nitrogen and oxygen atoms in total. The molecule has 0 spiro atoms. The number of imidazole rings is 1. The smallest absolute Gasteiger partial charge is 0.229 e. The van der Waals surface area contributed by atoms with Crippen molar-refractivity contribution in [1.82, 2.24) is 29.7 Å². The Bertz CT molecular complexity index is 864. The minimum atomic E-state index is -0.905. The molecule has 1 aliphatic rings. The summed E-state index contributed by atoms with van der Waals surface area (Å²) < 4.78 is 27.1. The summed E-state index contributed by atoms with van der Waals surface area (Å²) >= 11 is 0. The molecule has 1 saturated carbocycles. The Labute approximate surface area is 136 Å². The standard InChI is InChI=1S/C15H17F2N7/c1-8-11(6-20-24(8)10(4-16)5-17)21-15-22-12(9-2-3-9)13-14(23-15)19-7-18-13/h6-7,9-10H,2-5H2,1H3,(H2,18,19,21,22,23). The van der Waals surface area contributed by atoms with E-state index in [1.807, 2.05) is 0 Å². The highest BCUT2D eigenvalue weighted by molar-refractivity contribution is 5.76. The first-order chi connectivity index (χ1) is 11.7. The van der Waals surface area contributed by atoms with Crippen LogP contribution in [0, 0.1) is 6.92 Å². The van der Waals surface area contributed by atoms with Gasteiger partial charge in [0.25, 0.3) is 0 Å². The third-order valence-corrected chi connectivity index (χ3v) is 4.27. The summed E-state index contributed by atoms with van der Waals surface area (Å²) in [6.45, 7) is 0.141. The first-order valence-corrected chi connectivity index (χ1v) is 7.85. The minimum absolute atomic E-state index is 0.413. The molecule has 1 fully saturated rings. The van der Waals surface area contributed by atoms with Gasteiger partial charge in [0.05, 0.1) is 29.6 Å². The average Bonchev–Trinajstić information content (AvgIpc) is 3.23. The Balaban J connectivity index is 1.67. The van der Waals surface area contributed by atoms with E-state index in [1.54, 1.807) is 13.3 Å². The molecule has 0 aliphatic heterocycles. The second-order valence-electron chi connectivity index (χ2n) is 5.98. The molecule has 1 aliphatic carbocycles. The Morgan fingerprint density at radius 1 is 1.33 bits per heavy atom. The molecule has 9 heteroatoms. The molecular formula is C15H17F2N7. The summed E-state index contributed by atoms with van der Waals surface area (Å²) in [5.74, 6) is 0.846. The van der Waals surface area contributed by atoms with Crippen LogP contribution in [0.15, 0.2) is 12.5 Å². The van der Waals surface area contributed by atoms with Crippen molar-refractivity contribution in [3.8, 4) is 0 Å². The van der Waals surface area contributed by atoms with Crippen LogP contribution in [-0.4, -0.2) is 43.1 Å². The molecule has 126 valence electrons. The zero-order valence-electron chi connectivity index (χ0n) is 13.1. The fraction of sp³-hybridized carbons (Fsp3) is 0.467. The third kappa shape index (κ3) is 2.49. The largest absolute Gasteiger partial charge is 0.342 e. The second-order valence-corrected chi connectivity index (χ2v) is 5.98. The van der Waals surface area contributed by atoms with Crippen LogP contribution in [-0.2, 0) is 0 Å². The number of H-pyrrole nitrogens is 1. The number of alkyl halides is 2. The van der Waals surface area contributed by atoms with Gasteiger partial charge in [-0.2, -0.15) is 10.1 Å². The van der Waals surface area contributed by atoms with Gasteiger partial charge < -0.3 is 10.3 Å². The van der Waals surface area contributed by atoms with Crippen molar-refractivity contribution in [2.24, 2.45) is 0 Å². The van der Waals surface area contributed by atoms with Gasteiger partial charge in [0.2, 0.25) is 5.95 Å². The topological polar surface area (TPSA) is 84.3 Å². The SMILES string of the molecule is Cc1c(Nc2nc(C3CC3)c3[nH]cnc3n2)cnn1C(CF)CF. The first-order valence-electron chi connectivity index (χ1n) is 7.85. The normalized spacial score (nSPS) is 14.7. The van der Waals surface area contributed by atoms with Crippen molar-refractivity contribution in [1.29, 1.82) is 0 Å². The molecule has 0 saturated heterocycles. The highest BCUT2D eigenvalue weighted by Gasteiger charge is 2.29. The number of aromatic nitrogens is 6. The predicted octanol–water partition coefficient (Wildman–Crippen LogP) is 2.96. The molecule has 3 aromatic rings. The van der Waals surface area contributed by atoms with Gasteiger partial charge in [-0.1, -0.05) is 0 Å². The number of nitrogens with zero attached hydrogens (tertiary/aromatic N) is 5. The van der Waals surface area contributed by atoms with Crippen molar-refractivity contribution >= 4 is 22.8 Å². The van der Waals surface area contributed by atoms with E-state index in [0.29, 0.717) is 28.9 Å². The molecule has 0 aromatic carbocycles. The lowest BCUT2D eigenvalue weighted by atomic mass is 10.2. The summed E-state index contributed by atoms with van der Waals surface area (Å²) in [6.07, 6.45) is 5.35. The monoisotopic (exact) mass is 333 g/mol. The van der Waals surface area contributed by atoms with E-state index >= 15 is 0 Å². The van der Waals surface area contributed by atoms with Crippen LogP contribution in [0.3, 0.4) is 0 Å². The summed E-state index contributed by atoms with van der Waals surface area (Å²) in [6, 6.07) is -0.905. The maximum atomic E-state index is 12.9. The van der Waals surface area contributed by atoms with Crippen LogP contribution in [0.2, 0.25) is 0 Å². The van der Waals surface area contributed by atoms with Crippen LogP contribution in [0.4, 0.5) is 20.4 Å². The molecule has 3 heterocycles. The molecule has 0 radical (unpaired) electrons. The van der Waals surface area contributed by atoms with Crippen LogP contribution >= 0.6 is 0 Å². The lowest BCUT2D eigenvalue weighted by molar-refractivity contribution is 0.269. The van der Waals surface area contributed by atoms with E-state index in [4.69, 9.17) is 0 Å². The molecule has 0 bridgehead atoms. The second kappa shape index (κ2) is 5.81. The fourth-order valence-electron chi connectivity index (χ4n) is 2.77. The Morgan fingerprint density at radius 3 is 2.83 bits per heavy atom. The summed E-state index contributed by atoms with van der Waals surface area (Å²) in [7, 11) is 0. The van der Waals surface area contributed by atoms with Gasteiger partial charge in [0.1, 0.15) is 24.9 Å². The minimum Gasteiger partial charge on any atom is -0.342 e. The van der Waals surface area contributed by atoms with E-state index in [1.165, 1.54) is 10.9 Å². The number of aromatic amines is 1. The predicted molar refractivity (Wildman–Crippen MR) is 84.9 cm³/mol. The quantitative estimate of drug-likeness (QED) is 0.724. The molecule has 0 unspecified atom stereocenters. The average molecular weight is 333 g/mol. The van der Waals surface area contributed by atoms with Gasteiger partial charge in [0, 0.05) is 5.92 Å². The molecule has 0 atom stereocenters. The van der Waals surface area contributed by atoms with E-state index < -0.39 is 19.4 Å². The van der Waals surface area contributed by atoms with E-state index in [0.717, 1.165) is 24.1 Å². The fourth-order valence-corrected chi connectivity index (χ4v) is 2.77. The van der Waals surface area contributed by atoms with Crippen LogP contribution < -0.4 is 5.32 Å². The molecule has 0 amide bonds.